The Balaban J connectivity index is 2.38. The van der Waals surface area contributed by atoms with Crippen molar-refractivity contribution in [2.75, 3.05) is 5.75 Å². The van der Waals surface area contributed by atoms with Crippen LogP contribution in [0.4, 0.5) is 0 Å². The fourth-order valence-electron chi connectivity index (χ4n) is 1.48. The molecule has 2 aromatic rings. The lowest BCUT2D eigenvalue weighted by molar-refractivity contribution is -0.118. The van der Waals surface area contributed by atoms with Gasteiger partial charge in [-0.1, -0.05) is 11.8 Å². The summed E-state index contributed by atoms with van der Waals surface area (Å²) >= 11 is 2.62. The third-order valence-corrected chi connectivity index (χ3v) is 4.49. The number of nitrogens with two attached hydrogens (primary N) is 1. The number of nitrogens with zero attached hydrogens (tertiary/aromatic N) is 1. The summed E-state index contributed by atoms with van der Waals surface area (Å²) in [5.74, 6) is 4.78. The second kappa shape index (κ2) is 5.09. The van der Waals surface area contributed by atoms with E-state index in [1.54, 1.807) is 0 Å². The molecule has 96 valence electrons. The highest BCUT2D eigenvalue weighted by atomic mass is 32.2. The van der Waals surface area contributed by atoms with Crippen LogP contribution in [0.15, 0.2) is 9.95 Å². The first-order valence-electron chi connectivity index (χ1n) is 5.15. The number of nitrogens with one attached hydrogen (secondary N) is 2. The van der Waals surface area contributed by atoms with Crippen molar-refractivity contribution in [3.63, 3.8) is 0 Å². The van der Waals surface area contributed by atoms with E-state index < -0.39 is 0 Å². The summed E-state index contributed by atoms with van der Waals surface area (Å²) in [7, 11) is 0. The Kier molecular flexibility index (Phi) is 3.69. The van der Waals surface area contributed by atoms with E-state index in [9.17, 15) is 9.59 Å². The van der Waals surface area contributed by atoms with E-state index in [4.69, 9.17) is 5.84 Å². The molecule has 8 heteroatoms. The minimum atomic E-state index is -0.318. The number of thiophene rings is 1. The summed E-state index contributed by atoms with van der Waals surface area (Å²) in [5, 5.41) is 1.06. The van der Waals surface area contributed by atoms with Gasteiger partial charge >= 0.3 is 0 Å². The summed E-state index contributed by atoms with van der Waals surface area (Å²) in [5.41, 5.74) is 2.81. The molecule has 0 atom stereocenters. The molecule has 2 heterocycles. The molecule has 2 aromatic heterocycles. The number of carbonyl (C=O) groups is 1. The van der Waals surface area contributed by atoms with Crippen LogP contribution in [0.5, 0.6) is 0 Å². The van der Waals surface area contributed by atoms with Crippen molar-refractivity contribution in [1.82, 2.24) is 15.4 Å². The van der Waals surface area contributed by atoms with Crippen molar-refractivity contribution in [2.24, 2.45) is 5.84 Å². The van der Waals surface area contributed by atoms with Gasteiger partial charge in [0.05, 0.1) is 11.1 Å². The normalized spacial score (nSPS) is 10.8. The lowest BCUT2D eigenvalue weighted by atomic mass is 10.2. The molecule has 18 heavy (non-hydrogen) atoms. The summed E-state index contributed by atoms with van der Waals surface area (Å²) < 4.78 is 0. The number of rotatable bonds is 3. The Morgan fingerprint density at radius 2 is 2.28 bits per heavy atom. The molecular weight excluding hydrogens is 272 g/mol. The van der Waals surface area contributed by atoms with Gasteiger partial charge in [-0.15, -0.1) is 11.3 Å². The minimum Gasteiger partial charge on any atom is -0.301 e. The zero-order chi connectivity index (χ0) is 13.3. The first-order valence-corrected chi connectivity index (χ1v) is 6.95. The van der Waals surface area contributed by atoms with Gasteiger partial charge in [0, 0.05) is 4.88 Å². The molecule has 0 saturated heterocycles. The van der Waals surface area contributed by atoms with Crippen molar-refractivity contribution in [2.45, 2.75) is 19.0 Å². The SMILES string of the molecule is Cc1sc2nc(SCC(=O)NN)[nH]c(=O)c2c1C. The van der Waals surface area contributed by atoms with Crippen molar-refractivity contribution in [3.05, 3.63) is 20.8 Å². The highest BCUT2D eigenvalue weighted by molar-refractivity contribution is 7.99. The number of aromatic nitrogens is 2. The number of fused-ring (bicyclic) bond motifs is 1. The topological polar surface area (TPSA) is 101 Å². The van der Waals surface area contributed by atoms with Crippen LogP contribution in [-0.4, -0.2) is 21.6 Å². The van der Waals surface area contributed by atoms with Crippen molar-refractivity contribution in [1.29, 1.82) is 0 Å². The van der Waals surface area contributed by atoms with Gasteiger partial charge in [0.1, 0.15) is 4.83 Å². The van der Waals surface area contributed by atoms with E-state index in [1.807, 2.05) is 19.3 Å². The smallest absolute Gasteiger partial charge is 0.260 e. The van der Waals surface area contributed by atoms with Crippen LogP contribution >= 0.6 is 23.1 Å². The van der Waals surface area contributed by atoms with Crippen LogP contribution in [-0.2, 0) is 4.79 Å². The maximum Gasteiger partial charge on any atom is 0.260 e. The van der Waals surface area contributed by atoms with Crippen molar-refractivity contribution < 1.29 is 4.79 Å². The second-order valence-electron chi connectivity index (χ2n) is 3.69. The number of H-pyrrole nitrogens is 1. The average Bonchev–Trinajstić information content (AvgIpc) is 2.62. The van der Waals surface area contributed by atoms with Gasteiger partial charge in [0.15, 0.2) is 5.16 Å². The Morgan fingerprint density at radius 1 is 1.56 bits per heavy atom. The van der Waals surface area contributed by atoms with E-state index in [0.29, 0.717) is 15.4 Å². The molecular formula is C10H12N4O2S2. The molecule has 0 aliphatic rings. The monoisotopic (exact) mass is 284 g/mol. The minimum absolute atomic E-state index is 0.119. The fourth-order valence-corrected chi connectivity index (χ4v) is 3.24. The van der Waals surface area contributed by atoms with E-state index in [0.717, 1.165) is 22.2 Å². The first-order chi connectivity index (χ1) is 8.52. The van der Waals surface area contributed by atoms with Gasteiger partial charge in [-0.25, -0.2) is 10.8 Å². The third kappa shape index (κ3) is 2.40. The number of amides is 1. The Bertz CT molecular complexity index is 662. The summed E-state index contributed by atoms with van der Waals surface area (Å²) in [6.07, 6.45) is 0. The highest BCUT2D eigenvalue weighted by Gasteiger charge is 2.12. The number of thioether (sulfide) groups is 1. The number of aryl methyl sites for hydroxylation is 2. The molecule has 0 aromatic carbocycles. The molecule has 0 saturated carbocycles. The van der Waals surface area contributed by atoms with Gasteiger partial charge in [-0.05, 0) is 19.4 Å². The van der Waals surface area contributed by atoms with E-state index in [2.05, 4.69) is 9.97 Å². The average molecular weight is 284 g/mol. The molecule has 1 amide bonds. The maximum atomic E-state index is 11.9. The van der Waals surface area contributed by atoms with Gasteiger partial charge in [-0.3, -0.25) is 15.0 Å². The van der Waals surface area contributed by atoms with Gasteiger partial charge in [-0.2, -0.15) is 0 Å². The van der Waals surface area contributed by atoms with Gasteiger partial charge in [0.25, 0.3) is 5.56 Å². The first kappa shape index (κ1) is 13.1. The molecule has 0 aliphatic heterocycles. The summed E-state index contributed by atoms with van der Waals surface area (Å²) in [4.78, 5) is 31.7. The number of hydrogen-bond acceptors (Lipinski definition) is 6. The maximum absolute atomic E-state index is 11.9. The molecule has 0 aliphatic carbocycles. The quantitative estimate of drug-likeness (QED) is 0.253. The van der Waals surface area contributed by atoms with Crippen molar-refractivity contribution in [3.8, 4) is 0 Å². The lowest BCUT2D eigenvalue weighted by Gasteiger charge is -2.00. The second-order valence-corrected chi connectivity index (χ2v) is 5.86. The van der Waals surface area contributed by atoms with Gasteiger partial charge in [0.2, 0.25) is 5.91 Å². The third-order valence-electron chi connectivity index (χ3n) is 2.52. The molecule has 0 unspecified atom stereocenters. The standard InChI is InChI=1S/C10H12N4O2S2/c1-4-5(2)18-9-7(4)8(16)12-10(13-9)17-3-6(15)14-11/h3,11H2,1-2H3,(H,14,15)(H,12,13,16). The van der Waals surface area contributed by atoms with Crippen LogP contribution in [0.3, 0.4) is 0 Å². The Hall–Kier alpha value is -1.38. The number of aromatic amines is 1. The van der Waals surface area contributed by atoms with E-state index in [-0.39, 0.29) is 17.2 Å². The molecule has 0 radical (unpaired) electrons. The van der Waals surface area contributed by atoms with Gasteiger partial charge < -0.3 is 4.98 Å². The predicted molar refractivity (Wildman–Crippen MR) is 72.8 cm³/mol. The number of hydrogen-bond donors (Lipinski definition) is 3. The molecule has 0 spiro atoms. The molecule has 2 rings (SSSR count). The van der Waals surface area contributed by atoms with Crippen LogP contribution < -0.4 is 16.8 Å². The van der Waals surface area contributed by atoms with Crippen LogP contribution in [0, 0.1) is 13.8 Å². The number of hydrazine groups is 1. The molecule has 4 N–H and O–H groups in total. The lowest BCUT2D eigenvalue weighted by Crippen LogP contribution is -2.31. The highest BCUT2D eigenvalue weighted by Crippen LogP contribution is 2.27. The largest absolute Gasteiger partial charge is 0.301 e. The van der Waals surface area contributed by atoms with E-state index in [1.165, 1.54) is 11.3 Å². The predicted octanol–water partition coefficient (Wildman–Crippen LogP) is 0.683. The Morgan fingerprint density at radius 3 is 2.94 bits per heavy atom. The summed E-state index contributed by atoms with van der Waals surface area (Å²) in [6.45, 7) is 3.86. The molecule has 6 nitrogen and oxygen atoms in total. The zero-order valence-corrected chi connectivity index (χ0v) is 11.5. The summed E-state index contributed by atoms with van der Waals surface area (Å²) in [6, 6.07) is 0. The van der Waals surface area contributed by atoms with Crippen LogP contribution in [0.1, 0.15) is 10.4 Å². The molecule has 0 fully saturated rings. The van der Waals surface area contributed by atoms with Crippen molar-refractivity contribution >= 4 is 39.2 Å². The Labute approximate surface area is 111 Å². The zero-order valence-electron chi connectivity index (χ0n) is 9.86. The van der Waals surface area contributed by atoms with E-state index >= 15 is 0 Å². The van der Waals surface area contributed by atoms with Crippen LogP contribution in [0.2, 0.25) is 0 Å². The molecule has 0 bridgehead atoms. The number of carbonyl (C=O) groups excluding carboxylic acids is 1. The van der Waals surface area contributed by atoms with Crippen LogP contribution in [0.25, 0.3) is 10.2 Å². The fraction of sp³-hybridized carbons (Fsp3) is 0.300.